The summed E-state index contributed by atoms with van der Waals surface area (Å²) in [7, 11) is 0. The van der Waals surface area contributed by atoms with Crippen LogP contribution in [0.4, 0.5) is 5.69 Å². The van der Waals surface area contributed by atoms with Crippen LogP contribution < -0.4 is 4.90 Å². The van der Waals surface area contributed by atoms with Gasteiger partial charge in [-0.1, -0.05) is 48.5 Å². The lowest BCUT2D eigenvalue weighted by molar-refractivity contribution is 0.135. The van der Waals surface area contributed by atoms with Crippen molar-refractivity contribution < 1.29 is 5.11 Å². The predicted molar refractivity (Wildman–Crippen MR) is 95.7 cm³/mol. The molecule has 3 heteroatoms. The maximum atomic E-state index is 9.47. The highest BCUT2D eigenvalue weighted by Gasteiger charge is 2.27. The van der Waals surface area contributed by atoms with E-state index in [1.807, 2.05) is 0 Å². The van der Waals surface area contributed by atoms with E-state index < -0.39 is 0 Å². The quantitative estimate of drug-likeness (QED) is 0.919. The van der Waals surface area contributed by atoms with E-state index in [4.69, 9.17) is 0 Å². The van der Waals surface area contributed by atoms with E-state index in [2.05, 4.69) is 71.3 Å². The van der Waals surface area contributed by atoms with Crippen molar-refractivity contribution in [2.75, 3.05) is 31.1 Å². The standard InChI is InChI=1S/C20H26N2O/c1-17-7-5-6-10-20(17)22-13-12-21(19(16-22)11-14-23)15-18-8-3-2-4-9-18/h2-10,19,23H,11-16H2,1H3. The summed E-state index contributed by atoms with van der Waals surface area (Å²) in [6.45, 7) is 6.45. The fourth-order valence-electron chi connectivity index (χ4n) is 3.48. The van der Waals surface area contributed by atoms with Gasteiger partial charge in [-0.05, 0) is 30.5 Å². The van der Waals surface area contributed by atoms with Crippen molar-refractivity contribution in [1.29, 1.82) is 0 Å². The fourth-order valence-corrected chi connectivity index (χ4v) is 3.48. The Bertz CT molecular complexity index is 614. The third kappa shape index (κ3) is 3.92. The summed E-state index contributed by atoms with van der Waals surface area (Å²) in [6.07, 6.45) is 0.829. The van der Waals surface area contributed by atoms with Crippen LogP contribution in [0, 0.1) is 6.92 Å². The van der Waals surface area contributed by atoms with E-state index in [9.17, 15) is 5.11 Å². The molecule has 0 amide bonds. The molecule has 0 aliphatic carbocycles. The molecule has 0 spiro atoms. The highest BCUT2D eigenvalue weighted by atomic mass is 16.3. The molecule has 3 rings (SSSR count). The SMILES string of the molecule is Cc1ccccc1N1CCN(Cc2ccccc2)C(CCO)C1. The lowest BCUT2D eigenvalue weighted by atomic mass is 10.0. The molecule has 3 nitrogen and oxygen atoms in total. The summed E-state index contributed by atoms with van der Waals surface area (Å²) in [5.41, 5.74) is 4.00. The minimum Gasteiger partial charge on any atom is -0.396 e. The average molecular weight is 310 g/mol. The van der Waals surface area contributed by atoms with E-state index in [0.717, 1.165) is 32.6 Å². The number of hydrogen-bond donors (Lipinski definition) is 1. The van der Waals surface area contributed by atoms with Gasteiger partial charge in [0.2, 0.25) is 0 Å². The molecule has 1 N–H and O–H groups in total. The van der Waals surface area contributed by atoms with Crippen LogP contribution in [0.25, 0.3) is 0 Å². The molecule has 0 saturated carbocycles. The Morgan fingerprint density at radius 3 is 2.48 bits per heavy atom. The number of para-hydroxylation sites is 1. The molecule has 23 heavy (non-hydrogen) atoms. The van der Waals surface area contributed by atoms with Gasteiger partial charge in [0.15, 0.2) is 0 Å². The van der Waals surface area contributed by atoms with Gasteiger partial charge >= 0.3 is 0 Å². The van der Waals surface area contributed by atoms with Gasteiger partial charge in [0.05, 0.1) is 0 Å². The summed E-state index contributed by atoms with van der Waals surface area (Å²) in [5.74, 6) is 0. The van der Waals surface area contributed by atoms with Crippen molar-refractivity contribution in [2.45, 2.75) is 25.9 Å². The largest absolute Gasteiger partial charge is 0.396 e. The van der Waals surface area contributed by atoms with Gasteiger partial charge in [-0.2, -0.15) is 0 Å². The van der Waals surface area contributed by atoms with Crippen molar-refractivity contribution in [3.05, 3.63) is 65.7 Å². The molecule has 1 aliphatic rings. The molecule has 1 heterocycles. The molecule has 1 fully saturated rings. The number of aliphatic hydroxyl groups is 1. The molecular formula is C20H26N2O. The Balaban J connectivity index is 1.72. The van der Waals surface area contributed by atoms with Gasteiger partial charge in [-0.3, -0.25) is 4.90 Å². The Hall–Kier alpha value is -1.84. The van der Waals surface area contributed by atoms with Gasteiger partial charge in [-0.15, -0.1) is 0 Å². The van der Waals surface area contributed by atoms with Crippen LogP contribution in [-0.4, -0.2) is 42.3 Å². The van der Waals surface area contributed by atoms with E-state index in [0.29, 0.717) is 6.04 Å². The Morgan fingerprint density at radius 1 is 1.00 bits per heavy atom. The zero-order valence-corrected chi connectivity index (χ0v) is 13.9. The summed E-state index contributed by atoms with van der Waals surface area (Å²) in [6, 6.07) is 19.6. The van der Waals surface area contributed by atoms with E-state index in [-0.39, 0.29) is 6.61 Å². The van der Waals surface area contributed by atoms with Gasteiger partial charge in [0, 0.05) is 44.5 Å². The van der Waals surface area contributed by atoms with Gasteiger partial charge in [0.1, 0.15) is 0 Å². The second kappa shape index (κ2) is 7.62. The molecule has 122 valence electrons. The van der Waals surface area contributed by atoms with E-state index in [1.54, 1.807) is 0 Å². The third-order valence-corrected chi connectivity index (χ3v) is 4.75. The number of anilines is 1. The Morgan fingerprint density at radius 2 is 1.74 bits per heavy atom. The summed E-state index contributed by atoms with van der Waals surface area (Å²) in [5, 5.41) is 9.47. The number of nitrogens with zero attached hydrogens (tertiary/aromatic N) is 2. The smallest absolute Gasteiger partial charge is 0.0446 e. The number of piperazine rings is 1. The van der Waals surface area contributed by atoms with Crippen LogP contribution in [0.1, 0.15) is 17.5 Å². The third-order valence-electron chi connectivity index (χ3n) is 4.75. The Labute approximate surface area is 139 Å². The predicted octanol–water partition coefficient (Wildman–Crippen LogP) is 3.07. The van der Waals surface area contributed by atoms with Gasteiger partial charge < -0.3 is 10.0 Å². The number of aryl methyl sites for hydroxylation is 1. The summed E-state index contributed by atoms with van der Waals surface area (Å²) in [4.78, 5) is 4.98. The molecule has 1 aliphatic heterocycles. The molecule has 1 unspecified atom stereocenters. The first-order valence-electron chi connectivity index (χ1n) is 8.47. The molecule has 0 aromatic heterocycles. The second-order valence-electron chi connectivity index (χ2n) is 6.35. The molecule has 1 atom stereocenters. The highest BCUT2D eigenvalue weighted by Crippen LogP contribution is 2.24. The minimum atomic E-state index is 0.248. The van der Waals surface area contributed by atoms with Crippen molar-refractivity contribution in [3.63, 3.8) is 0 Å². The topological polar surface area (TPSA) is 26.7 Å². The van der Waals surface area contributed by atoms with Crippen LogP contribution in [0.5, 0.6) is 0 Å². The zero-order chi connectivity index (χ0) is 16.1. The van der Waals surface area contributed by atoms with Crippen LogP contribution in [0.15, 0.2) is 54.6 Å². The lowest BCUT2D eigenvalue weighted by Crippen LogP contribution is -2.53. The molecule has 2 aromatic carbocycles. The maximum Gasteiger partial charge on any atom is 0.0446 e. The van der Waals surface area contributed by atoms with Crippen LogP contribution >= 0.6 is 0 Å². The molecule has 1 saturated heterocycles. The van der Waals surface area contributed by atoms with Crippen LogP contribution in [0.2, 0.25) is 0 Å². The van der Waals surface area contributed by atoms with Crippen LogP contribution in [-0.2, 0) is 6.54 Å². The number of benzene rings is 2. The molecular weight excluding hydrogens is 284 g/mol. The van der Waals surface area contributed by atoms with Crippen molar-refractivity contribution in [1.82, 2.24) is 4.90 Å². The second-order valence-corrected chi connectivity index (χ2v) is 6.35. The molecule has 0 bridgehead atoms. The fraction of sp³-hybridized carbons (Fsp3) is 0.400. The molecule has 2 aromatic rings. The van der Waals surface area contributed by atoms with Crippen molar-refractivity contribution >= 4 is 5.69 Å². The lowest BCUT2D eigenvalue weighted by Gasteiger charge is -2.43. The van der Waals surface area contributed by atoms with Gasteiger partial charge in [0.25, 0.3) is 0 Å². The monoisotopic (exact) mass is 310 g/mol. The first-order chi connectivity index (χ1) is 11.3. The number of aliphatic hydroxyl groups excluding tert-OH is 1. The van der Waals surface area contributed by atoms with Crippen LogP contribution in [0.3, 0.4) is 0 Å². The molecule has 0 radical (unpaired) electrons. The average Bonchev–Trinajstić information content (AvgIpc) is 2.58. The number of rotatable bonds is 5. The maximum absolute atomic E-state index is 9.47. The van der Waals surface area contributed by atoms with E-state index in [1.165, 1.54) is 16.8 Å². The normalized spacial score (nSPS) is 19.0. The highest BCUT2D eigenvalue weighted by molar-refractivity contribution is 5.53. The Kier molecular flexibility index (Phi) is 5.31. The summed E-state index contributed by atoms with van der Waals surface area (Å²) < 4.78 is 0. The first kappa shape index (κ1) is 16.0. The van der Waals surface area contributed by atoms with E-state index >= 15 is 0 Å². The zero-order valence-electron chi connectivity index (χ0n) is 13.9. The minimum absolute atomic E-state index is 0.248. The van der Waals surface area contributed by atoms with Crippen molar-refractivity contribution in [2.24, 2.45) is 0 Å². The first-order valence-corrected chi connectivity index (χ1v) is 8.47. The van der Waals surface area contributed by atoms with Gasteiger partial charge in [-0.25, -0.2) is 0 Å². The summed E-state index contributed by atoms with van der Waals surface area (Å²) >= 11 is 0. The number of hydrogen-bond acceptors (Lipinski definition) is 3. The van der Waals surface area contributed by atoms with Crippen molar-refractivity contribution in [3.8, 4) is 0 Å².